The molecule has 6 nitrogen and oxygen atoms in total. The maximum absolute atomic E-state index is 11.2. The van der Waals surface area contributed by atoms with E-state index in [-0.39, 0.29) is 18.2 Å². The summed E-state index contributed by atoms with van der Waals surface area (Å²) in [5.74, 6) is 0. The van der Waals surface area contributed by atoms with E-state index in [0.29, 0.717) is 26.3 Å². The molecule has 0 spiro atoms. The van der Waals surface area contributed by atoms with Crippen molar-refractivity contribution in [3.63, 3.8) is 0 Å². The predicted octanol–water partition coefficient (Wildman–Crippen LogP) is 0.793. The van der Waals surface area contributed by atoms with Gasteiger partial charge in [-0.25, -0.2) is 9.59 Å². The molecule has 0 aromatic carbocycles. The van der Waals surface area contributed by atoms with Crippen molar-refractivity contribution in [2.75, 3.05) is 26.3 Å². The predicted molar refractivity (Wildman–Crippen MR) is 54.7 cm³/mol. The third-order valence-electron chi connectivity index (χ3n) is 2.62. The van der Waals surface area contributed by atoms with Gasteiger partial charge < -0.3 is 9.47 Å². The lowest BCUT2D eigenvalue weighted by Crippen LogP contribution is -2.32. The molecule has 2 amide bonds. The van der Waals surface area contributed by atoms with Crippen molar-refractivity contribution in [2.24, 2.45) is 0 Å². The van der Waals surface area contributed by atoms with E-state index in [1.54, 1.807) is 17.2 Å². The topological polar surface area (TPSA) is 59.1 Å². The van der Waals surface area contributed by atoms with Crippen LogP contribution in [0.4, 0.5) is 9.59 Å². The quantitative estimate of drug-likeness (QED) is 0.714. The molecule has 0 N–H and O–H groups in total. The summed E-state index contributed by atoms with van der Waals surface area (Å²) in [6.45, 7) is 3.89. The summed E-state index contributed by atoms with van der Waals surface area (Å²) < 4.78 is 9.60. The fraction of sp³-hybridized carbons (Fsp3) is 0.600. The Labute approximate surface area is 93.4 Å². The van der Waals surface area contributed by atoms with Gasteiger partial charge in [0.05, 0.1) is 19.1 Å². The van der Waals surface area contributed by atoms with Gasteiger partial charge in [-0.2, -0.15) is 0 Å². The van der Waals surface area contributed by atoms with Crippen molar-refractivity contribution < 1.29 is 19.1 Å². The summed E-state index contributed by atoms with van der Waals surface area (Å²) in [6.07, 6.45) is 2.80. The first-order valence-electron chi connectivity index (χ1n) is 5.23. The highest BCUT2D eigenvalue weighted by Gasteiger charge is 2.26. The fourth-order valence-corrected chi connectivity index (χ4v) is 1.65. The molecule has 2 aliphatic heterocycles. The second kappa shape index (κ2) is 4.42. The average Bonchev–Trinajstić information content (AvgIpc) is 2.84. The zero-order valence-electron chi connectivity index (χ0n) is 9.09. The Hall–Kier alpha value is -1.72. The van der Waals surface area contributed by atoms with Crippen molar-refractivity contribution in [3.05, 3.63) is 12.3 Å². The van der Waals surface area contributed by atoms with Gasteiger partial charge in [0.15, 0.2) is 0 Å². The Bertz CT molecular complexity index is 329. The van der Waals surface area contributed by atoms with Gasteiger partial charge in [0.1, 0.15) is 13.2 Å². The van der Waals surface area contributed by atoms with Crippen molar-refractivity contribution in [1.82, 2.24) is 9.80 Å². The SMILES string of the molecule is CC(/C=C/N1CCOC1=O)N1CCOC1=O. The van der Waals surface area contributed by atoms with Crippen LogP contribution in [0.2, 0.25) is 0 Å². The molecule has 16 heavy (non-hydrogen) atoms. The number of carbonyl (C=O) groups excluding carboxylic acids is 2. The Morgan fingerprint density at radius 2 is 1.88 bits per heavy atom. The normalized spacial score (nSPS) is 22.8. The van der Waals surface area contributed by atoms with Gasteiger partial charge in [-0.3, -0.25) is 9.80 Å². The van der Waals surface area contributed by atoms with Crippen LogP contribution >= 0.6 is 0 Å². The molecule has 0 aromatic rings. The fourth-order valence-electron chi connectivity index (χ4n) is 1.65. The van der Waals surface area contributed by atoms with E-state index in [1.807, 2.05) is 6.92 Å². The van der Waals surface area contributed by atoms with Crippen LogP contribution in [0.15, 0.2) is 12.3 Å². The molecule has 0 saturated carbocycles. The third kappa shape index (κ3) is 2.10. The molecular formula is C10H14N2O4. The van der Waals surface area contributed by atoms with E-state index in [9.17, 15) is 9.59 Å². The first-order valence-corrected chi connectivity index (χ1v) is 5.23. The van der Waals surface area contributed by atoms with Crippen LogP contribution < -0.4 is 0 Å². The number of cyclic esters (lactones) is 2. The van der Waals surface area contributed by atoms with Crippen LogP contribution in [0.3, 0.4) is 0 Å². The minimum Gasteiger partial charge on any atom is -0.448 e. The molecule has 88 valence electrons. The molecule has 0 aliphatic carbocycles. The van der Waals surface area contributed by atoms with E-state index in [0.717, 1.165) is 0 Å². The molecular weight excluding hydrogens is 212 g/mol. The first-order chi connectivity index (χ1) is 7.68. The summed E-state index contributed by atoms with van der Waals surface area (Å²) >= 11 is 0. The maximum atomic E-state index is 11.2. The van der Waals surface area contributed by atoms with Crippen molar-refractivity contribution in [1.29, 1.82) is 0 Å². The summed E-state index contributed by atoms with van der Waals surface area (Å²) in [5.41, 5.74) is 0. The Morgan fingerprint density at radius 1 is 1.19 bits per heavy atom. The van der Waals surface area contributed by atoms with Crippen LogP contribution in [0.25, 0.3) is 0 Å². The molecule has 2 saturated heterocycles. The second-order valence-electron chi connectivity index (χ2n) is 3.70. The van der Waals surface area contributed by atoms with E-state index in [2.05, 4.69) is 0 Å². The van der Waals surface area contributed by atoms with Crippen molar-refractivity contribution in [3.8, 4) is 0 Å². The minimum absolute atomic E-state index is 0.0802. The Balaban J connectivity index is 1.90. The van der Waals surface area contributed by atoms with Crippen LogP contribution in [0.1, 0.15) is 6.92 Å². The first kappa shape index (κ1) is 10.8. The number of nitrogens with zero attached hydrogens (tertiary/aromatic N) is 2. The summed E-state index contributed by atoms with van der Waals surface area (Å²) in [4.78, 5) is 25.5. The number of rotatable bonds is 3. The number of amides is 2. The van der Waals surface area contributed by atoms with Gasteiger partial charge in [0.2, 0.25) is 0 Å². The Morgan fingerprint density at radius 3 is 2.44 bits per heavy atom. The number of ether oxygens (including phenoxy) is 2. The molecule has 2 aliphatic rings. The van der Waals surface area contributed by atoms with Gasteiger partial charge >= 0.3 is 12.2 Å². The zero-order chi connectivity index (χ0) is 11.5. The summed E-state index contributed by atoms with van der Waals surface area (Å²) in [5, 5.41) is 0. The maximum Gasteiger partial charge on any atom is 0.413 e. The van der Waals surface area contributed by atoms with E-state index >= 15 is 0 Å². The molecule has 6 heteroatoms. The molecule has 2 heterocycles. The van der Waals surface area contributed by atoms with E-state index < -0.39 is 0 Å². The molecule has 1 unspecified atom stereocenters. The summed E-state index contributed by atoms with van der Waals surface area (Å²) in [7, 11) is 0. The van der Waals surface area contributed by atoms with Gasteiger partial charge in [-0.05, 0) is 13.0 Å². The largest absolute Gasteiger partial charge is 0.448 e. The molecule has 2 fully saturated rings. The number of carbonyl (C=O) groups is 2. The van der Waals surface area contributed by atoms with Crippen LogP contribution in [0, 0.1) is 0 Å². The van der Waals surface area contributed by atoms with E-state index in [4.69, 9.17) is 9.47 Å². The van der Waals surface area contributed by atoms with Gasteiger partial charge in [-0.1, -0.05) is 0 Å². The lowest BCUT2D eigenvalue weighted by molar-refractivity contribution is 0.154. The minimum atomic E-state index is -0.340. The van der Waals surface area contributed by atoms with Gasteiger partial charge in [0, 0.05) is 6.20 Å². The van der Waals surface area contributed by atoms with Gasteiger partial charge in [0.25, 0.3) is 0 Å². The molecule has 0 bridgehead atoms. The van der Waals surface area contributed by atoms with Crippen LogP contribution in [-0.4, -0.2) is 54.3 Å². The third-order valence-corrected chi connectivity index (χ3v) is 2.62. The molecule has 0 aromatic heterocycles. The van der Waals surface area contributed by atoms with Crippen LogP contribution in [0.5, 0.6) is 0 Å². The van der Waals surface area contributed by atoms with Gasteiger partial charge in [-0.15, -0.1) is 0 Å². The van der Waals surface area contributed by atoms with Crippen molar-refractivity contribution >= 4 is 12.2 Å². The second-order valence-corrected chi connectivity index (χ2v) is 3.70. The highest BCUT2D eigenvalue weighted by atomic mass is 16.6. The average molecular weight is 226 g/mol. The van der Waals surface area contributed by atoms with E-state index in [1.165, 1.54) is 4.90 Å². The smallest absolute Gasteiger partial charge is 0.413 e. The number of hydrogen-bond donors (Lipinski definition) is 0. The molecule has 2 rings (SSSR count). The number of hydrogen-bond acceptors (Lipinski definition) is 4. The highest BCUT2D eigenvalue weighted by Crippen LogP contribution is 2.11. The monoisotopic (exact) mass is 226 g/mol. The lowest BCUT2D eigenvalue weighted by atomic mass is 10.3. The molecule has 0 radical (unpaired) electrons. The highest BCUT2D eigenvalue weighted by molar-refractivity contribution is 5.71. The standard InChI is InChI=1S/C10H14N2O4/c1-8(12-5-7-16-10(12)14)2-3-11-4-6-15-9(11)13/h2-3,8H,4-7H2,1H3/b3-2+. The Kier molecular flexibility index (Phi) is 2.98. The lowest BCUT2D eigenvalue weighted by Gasteiger charge is -2.18. The van der Waals surface area contributed by atoms with Crippen molar-refractivity contribution in [2.45, 2.75) is 13.0 Å². The zero-order valence-corrected chi connectivity index (χ0v) is 9.09. The molecule has 1 atom stereocenters. The summed E-state index contributed by atoms with van der Waals surface area (Å²) in [6, 6.07) is -0.0802. The van der Waals surface area contributed by atoms with Crippen LogP contribution in [-0.2, 0) is 9.47 Å².